The van der Waals surface area contributed by atoms with Crippen LogP contribution < -0.4 is 16.3 Å². The minimum absolute atomic E-state index is 0.0878. The van der Waals surface area contributed by atoms with Gasteiger partial charge in [-0.3, -0.25) is 0 Å². The molecule has 0 aliphatic carbocycles. The van der Waals surface area contributed by atoms with E-state index in [0.29, 0.717) is 0 Å². The lowest BCUT2D eigenvalue weighted by Gasteiger charge is -2.34. The van der Waals surface area contributed by atoms with Crippen LogP contribution in [-0.2, 0) is 0 Å². The number of nitrogens with two attached hydrogens (primary N) is 1. The molecule has 4 aromatic rings. The van der Waals surface area contributed by atoms with E-state index in [0.717, 1.165) is 0 Å². The van der Waals surface area contributed by atoms with Gasteiger partial charge in [0.15, 0.2) is 0 Å². The fourth-order valence-corrected chi connectivity index (χ4v) is 6.56. The van der Waals surface area contributed by atoms with Crippen LogP contribution in [0.3, 0.4) is 0 Å². The van der Waals surface area contributed by atoms with Gasteiger partial charge >= 0.3 is 0 Å². The van der Waals surface area contributed by atoms with Crippen LogP contribution in [0.1, 0.15) is 22.8 Å². The predicted molar refractivity (Wildman–Crippen MR) is 122 cm³/mol. The van der Waals surface area contributed by atoms with Crippen molar-refractivity contribution in [3.05, 3.63) is 132 Å². The Labute approximate surface area is 168 Å². The second-order valence-electron chi connectivity index (χ2n) is 6.83. The lowest BCUT2D eigenvalue weighted by molar-refractivity contribution is 0.700. The number of hydrogen-bond acceptors (Lipinski definition) is 1. The van der Waals surface area contributed by atoms with E-state index in [4.69, 9.17) is 5.73 Å². The fourth-order valence-electron chi connectivity index (χ4n) is 3.67. The topological polar surface area (TPSA) is 26.0 Å². The van der Waals surface area contributed by atoms with Crippen molar-refractivity contribution in [3.63, 3.8) is 0 Å². The summed E-state index contributed by atoms with van der Waals surface area (Å²) in [6.07, 6.45) is 0. The molecule has 0 saturated carbocycles. The summed E-state index contributed by atoms with van der Waals surface area (Å²) in [6, 6.07) is 42.8. The first-order chi connectivity index (χ1) is 13.8. The van der Waals surface area contributed by atoms with Crippen LogP contribution in [0.4, 0.5) is 0 Å². The van der Waals surface area contributed by atoms with Crippen molar-refractivity contribution < 1.29 is 0 Å². The molecule has 0 aliphatic heterocycles. The van der Waals surface area contributed by atoms with E-state index in [9.17, 15) is 0 Å². The Kier molecular flexibility index (Phi) is 5.97. The van der Waals surface area contributed by atoms with Crippen LogP contribution in [0.2, 0.25) is 0 Å². The molecule has 0 aliphatic rings. The predicted octanol–water partition coefficient (Wildman–Crippen LogP) is 5.56. The summed E-state index contributed by atoms with van der Waals surface area (Å²) in [6.45, 7) is 0. The largest absolute Gasteiger partial charge is 0.323 e. The summed E-state index contributed by atoms with van der Waals surface area (Å²) in [4.78, 5) is 0. The summed E-state index contributed by atoms with van der Waals surface area (Å²) in [5.41, 5.74) is 9.61. The average Bonchev–Trinajstić information content (AvgIpc) is 2.79. The Morgan fingerprint density at radius 1 is 0.464 bits per heavy atom. The SMILES string of the molecule is N[C@@H](c1ccccc1)[C@@H](c1ccccc1)P(c1ccccc1)c1ccccc1. The lowest BCUT2D eigenvalue weighted by atomic mass is 9.99. The third-order valence-electron chi connectivity index (χ3n) is 5.01. The highest BCUT2D eigenvalue weighted by atomic mass is 31.1. The summed E-state index contributed by atoms with van der Waals surface area (Å²) in [7, 11) is -0.679. The van der Waals surface area contributed by atoms with Crippen molar-refractivity contribution in [1.82, 2.24) is 0 Å². The Hall–Kier alpha value is -2.73. The van der Waals surface area contributed by atoms with Gasteiger partial charge in [-0.2, -0.15) is 0 Å². The van der Waals surface area contributed by atoms with Crippen molar-refractivity contribution in [2.24, 2.45) is 5.73 Å². The van der Waals surface area contributed by atoms with Gasteiger partial charge in [-0.1, -0.05) is 121 Å². The molecule has 0 radical (unpaired) electrons. The molecule has 0 aromatic heterocycles. The molecular weight excluding hydrogens is 357 g/mol. The third kappa shape index (κ3) is 4.07. The highest BCUT2D eigenvalue weighted by Gasteiger charge is 2.31. The molecule has 28 heavy (non-hydrogen) atoms. The molecule has 2 N–H and O–H groups in total. The molecule has 0 heterocycles. The molecule has 0 fully saturated rings. The van der Waals surface area contributed by atoms with Crippen LogP contribution >= 0.6 is 7.92 Å². The molecule has 1 nitrogen and oxygen atoms in total. The van der Waals surface area contributed by atoms with E-state index in [-0.39, 0.29) is 11.7 Å². The molecule has 4 rings (SSSR count). The standard InChI is InChI=1S/C26H24NP/c27-25(21-13-5-1-6-14-21)26(22-15-7-2-8-16-22)28(23-17-9-3-10-18-23)24-19-11-4-12-20-24/h1-20,25-26H,27H2/t25-,26+/m0/s1. The Morgan fingerprint density at radius 2 is 0.821 bits per heavy atom. The molecule has 2 heteroatoms. The molecule has 0 unspecified atom stereocenters. The average molecular weight is 381 g/mol. The van der Waals surface area contributed by atoms with Crippen LogP contribution in [0.25, 0.3) is 0 Å². The fraction of sp³-hybridized carbons (Fsp3) is 0.0769. The normalized spacial score (nSPS) is 13.2. The maximum atomic E-state index is 6.96. The number of rotatable bonds is 6. The van der Waals surface area contributed by atoms with Gasteiger partial charge in [-0.25, -0.2) is 0 Å². The summed E-state index contributed by atoms with van der Waals surface area (Å²) in [5, 5.41) is 2.70. The minimum Gasteiger partial charge on any atom is -0.323 e. The van der Waals surface area contributed by atoms with E-state index in [2.05, 4.69) is 115 Å². The van der Waals surface area contributed by atoms with Crippen molar-refractivity contribution >= 4 is 18.5 Å². The zero-order valence-corrected chi connectivity index (χ0v) is 16.6. The molecule has 0 spiro atoms. The van der Waals surface area contributed by atoms with Gasteiger partial charge in [0.05, 0.1) is 0 Å². The van der Waals surface area contributed by atoms with Gasteiger partial charge in [0, 0.05) is 11.7 Å². The Morgan fingerprint density at radius 3 is 1.25 bits per heavy atom. The zero-order valence-electron chi connectivity index (χ0n) is 15.7. The quantitative estimate of drug-likeness (QED) is 0.435. The third-order valence-corrected chi connectivity index (χ3v) is 7.90. The van der Waals surface area contributed by atoms with Crippen molar-refractivity contribution in [2.75, 3.05) is 0 Å². The van der Waals surface area contributed by atoms with Gasteiger partial charge in [-0.15, -0.1) is 0 Å². The van der Waals surface area contributed by atoms with Crippen molar-refractivity contribution in [2.45, 2.75) is 11.7 Å². The van der Waals surface area contributed by atoms with Crippen molar-refractivity contribution in [1.29, 1.82) is 0 Å². The number of benzene rings is 4. The summed E-state index contributed by atoms with van der Waals surface area (Å²) >= 11 is 0. The van der Waals surface area contributed by atoms with Gasteiger partial charge in [0.2, 0.25) is 0 Å². The van der Waals surface area contributed by atoms with Gasteiger partial charge in [0.25, 0.3) is 0 Å². The Balaban J connectivity index is 1.89. The van der Waals surface area contributed by atoms with Crippen LogP contribution in [-0.4, -0.2) is 0 Å². The molecule has 4 aromatic carbocycles. The van der Waals surface area contributed by atoms with E-state index >= 15 is 0 Å². The molecular formula is C26H24NP. The van der Waals surface area contributed by atoms with Crippen LogP contribution in [0.15, 0.2) is 121 Å². The van der Waals surface area contributed by atoms with E-state index in [1.165, 1.54) is 21.7 Å². The highest BCUT2D eigenvalue weighted by Crippen LogP contribution is 2.54. The molecule has 0 bridgehead atoms. The van der Waals surface area contributed by atoms with Crippen LogP contribution in [0, 0.1) is 0 Å². The number of hydrogen-bond donors (Lipinski definition) is 1. The van der Waals surface area contributed by atoms with E-state index < -0.39 is 7.92 Å². The zero-order chi connectivity index (χ0) is 19.2. The van der Waals surface area contributed by atoms with Crippen LogP contribution in [0.5, 0.6) is 0 Å². The van der Waals surface area contributed by atoms with E-state index in [1.807, 2.05) is 6.07 Å². The summed E-state index contributed by atoms with van der Waals surface area (Å²) < 4.78 is 0. The van der Waals surface area contributed by atoms with E-state index in [1.54, 1.807) is 0 Å². The van der Waals surface area contributed by atoms with Gasteiger partial charge < -0.3 is 5.73 Å². The van der Waals surface area contributed by atoms with Gasteiger partial charge in [-0.05, 0) is 29.7 Å². The van der Waals surface area contributed by atoms with Gasteiger partial charge in [0.1, 0.15) is 0 Å². The maximum absolute atomic E-state index is 6.96. The van der Waals surface area contributed by atoms with Crippen molar-refractivity contribution in [3.8, 4) is 0 Å². The minimum atomic E-state index is -0.679. The lowest BCUT2D eigenvalue weighted by Crippen LogP contribution is -2.26. The first kappa shape index (κ1) is 18.6. The molecule has 0 saturated heterocycles. The Bertz CT molecular complexity index is 932. The summed E-state index contributed by atoms with van der Waals surface area (Å²) in [5.74, 6) is 0. The molecule has 138 valence electrons. The highest BCUT2D eigenvalue weighted by molar-refractivity contribution is 7.73. The monoisotopic (exact) mass is 381 g/mol. The molecule has 0 amide bonds. The second-order valence-corrected chi connectivity index (χ2v) is 9.16. The molecule has 2 atom stereocenters. The smallest absolute Gasteiger partial charge is 0.0410 e. The maximum Gasteiger partial charge on any atom is 0.0410 e. The first-order valence-electron chi connectivity index (χ1n) is 9.59. The first-order valence-corrected chi connectivity index (χ1v) is 11.0. The second kappa shape index (κ2) is 8.97.